The number of carbonyl (C=O) groups excluding carboxylic acids is 1. The Labute approximate surface area is 132 Å². The number of benzene rings is 1. The van der Waals surface area contributed by atoms with Gasteiger partial charge in [0.05, 0.1) is 12.3 Å². The maximum atomic E-state index is 12.1. The summed E-state index contributed by atoms with van der Waals surface area (Å²) in [6.45, 7) is 0.0634. The third kappa shape index (κ3) is 3.12. The van der Waals surface area contributed by atoms with Gasteiger partial charge in [-0.05, 0) is 12.2 Å². The number of thioether (sulfide) groups is 1. The minimum atomic E-state index is -0.732. The molecule has 22 heavy (non-hydrogen) atoms. The number of nitriles is 1. The Bertz CT molecular complexity index is 700. The highest BCUT2D eigenvalue weighted by Gasteiger charge is 2.36. The third-order valence-corrected chi connectivity index (χ3v) is 4.72. The standard InChI is InChI=1S/C15H15N5OS/c16-10-15(6-7-22-11-15)17-14(21)9-20-8-13(18-19-20)12-4-2-1-3-5-12/h1-5,8H,6-7,9,11H2,(H,17,21)/t15-/m1/s1. The highest BCUT2D eigenvalue weighted by Crippen LogP contribution is 2.27. The van der Waals surface area contributed by atoms with E-state index in [-0.39, 0.29) is 12.5 Å². The topological polar surface area (TPSA) is 83.6 Å². The van der Waals surface area contributed by atoms with Crippen LogP contribution in [0.1, 0.15) is 6.42 Å². The molecule has 0 radical (unpaired) electrons. The van der Waals surface area contributed by atoms with E-state index in [0.29, 0.717) is 12.2 Å². The first kappa shape index (κ1) is 14.6. The number of amides is 1. The van der Waals surface area contributed by atoms with Crippen molar-refractivity contribution in [2.24, 2.45) is 0 Å². The van der Waals surface area contributed by atoms with Gasteiger partial charge in [-0.25, -0.2) is 4.68 Å². The normalized spacial score (nSPS) is 20.5. The third-order valence-electron chi connectivity index (χ3n) is 3.53. The molecule has 1 aromatic carbocycles. The first-order valence-electron chi connectivity index (χ1n) is 6.96. The number of hydrogen-bond donors (Lipinski definition) is 1. The van der Waals surface area contributed by atoms with Crippen LogP contribution in [0.15, 0.2) is 36.5 Å². The van der Waals surface area contributed by atoms with Crippen molar-refractivity contribution in [1.82, 2.24) is 20.3 Å². The van der Waals surface area contributed by atoms with Crippen LogP contribution < -0.4 is 5.32 Å². The minimum Gasteiger partial charge on any atom is -0.335 e. The summed E-state index contributed by atoms with van der Waals surface area (Å²) >= 11 is 1.68. The lowest BCUT2D eigenvalue weighted by Gasteiger charge is -2.20. The average molecular weight is 313 g/mol. The van der Waals surface area contributed by atoms with E-state index in [1.807, 2.05) is 30.3 Å². The molecule has 0 aliphatic carbocycles. The number of aromatic nitrogens is 3. The van der Waals surface area contributed by atoms with Gasteiger partial charge in [0.2, 0.25) is 5.91 Å². The van der Waals surface area contributed by atoms with Crippen LogP contribution in [-0.4, -0.2) is 37.9 Å². The smallest absolute Gasteiger partial charge is 0.243 e. The summed E-state index contributed by atoms with van der Waals surface area (Å²) in [5.41, 5.74) is 0.944. The monoisotopic (exact) mass is 313 g/mol. The zero-order valence-electron chi connectivity index (χ0n) is 11.9. The summed E-state index contributed by atoms with van der Waals surface area (Å²) < 4.78 is 1.49. The van der Waals surface area contributed by atoms with Crippen molar-refractivity contribution >= 4 is 17.7 Å². The molecule has 1 amide bonds. The maximum absolute atomic E-state index is 12.1. The van der Waals surface area contributed by atoms with E-state index >= 15 is 0 Å². The molecule has 1 aliphatic rings. The highest BCUT2D eigenvalue weighted by molar-refractivity contribution is 7.99. The van der Waals surface area contributed by atoms with Crippen LogP contribution in [0.25, 0.3) is 11.3 Å². The van der Waals surface area contributed by atoms with Gasteiger partial charge in [0, 0.05) is 11.3 Å². The Kier molecular flexibility index (Phi) is 4.11. The van der Waals surface area contributed by atoms with Gasteiger partial charge in [-0.15, -0.1) is 5.10 Å². The predicted octanol–water partition coefficient (Wildman–Crippen LogP) is 1.46. The average Bonchev–Trinajstić information content (AvgIpc) is 3.18. The number of nitrogens with one attached hydrogen (secondary N) is 1. The zero-order chi connectivity index (χ0) is 15.4. The predicted molar refractivity (Wildman–Crippen MR) is 83.9 cm³/mol. The molecule has 6 nitrogen and oxygen atoms in total. The lowest BCUT2D eigenvalue weighted by Crippen LogP contribution is -2.48. The first-order valence-corrected chi connectivity index (χ1v) is 8.12. The Morgan fingerprint density at radius 1 is 1.45 bits per heavy atom. The van der Waals surface area contributed by atoms with Crippen LogP contribution in [-0.2, 0) is 11.3 Å². The molecule has 0 saturated carbocycles. The summed E-state index contributed by atoms with van der Waals surface area (Å²) in [7, 11) is 0. The Balaban J connectivity index is 1.65. The van der Waals surface area contributed by atoms with Crippen molar-refractivity contribution in [2.45, 2.75) is 18.5 Å². The maximum Gasteiger partial charge on any atom is 0.243 e. The van der Waals surface area contributed by atoms with E-state index in [1.165, 1.54) is 4.68 Å². The van der Waals surface area contributed by atoms with Gasteiger partial charge in [-0.1, -0.05) is 35.5 Å². The van der Waals surface area contributed by atoms with E-state index < -0.39 is 5.54 Å². The molecule has 1 aliphatic heterocycles. The molecule has 2 aromatic rings. The molecular weight excluding hydrogens is 298 g/mol. The van der Waals surface area contributed by atoms with E-state index in [2.05, 4.69) is 21.7 Å². The SMILES string of the molecule is N#C[C@]1(NC(=O)Cn2cc(-c3ccccc3)nn2)CCSC1. The number of carbonyl (C=O) groups is 1. The molecule has 7 heteroatoms. The molecule has 1 atom stereocenters. The molecule has 112 valence electrons. The lowest BCUT2D eigenvalue weighted by atomic mass is 10.0. The number of rotatable bonds is 4. The summed E-state index contributed by atoms with van der Waals surface area (Å²) in [5.74, 6) is 1.32. The van der Waals surface area contributed by atoms with E-state index in [4.69, 9.17) is 0 Å². The van der Waals surface area contributed by atoms with Crippen molar-refractivity contribution in [3.8, 4) is 17.3 Å². The molecule has 1 N–H and O–H groups in total. The molecule has 1 fully saturated rings. The molecule has 2 heterocycles. The van der Waals surface area contributed by atoms with Gasteiger partial charge in [0.25, 0.3) is 0 Å². The van der Waals surface area contributed by atoms with Gasteiger partial charge in [0.1, 0.15) is 17.8 Å². The van der Waals surface area contributed by atoms with E-state index in [0.717, 1.165) is 17.0 Å². The zero-order valence-corrected chi connectivity index (χ0v) is 12.7. The summed E-state index contributed by atoms with van der Waals surface area (Å²) in [6.07, 6.45) is 2.42. The fourth-order valence-electron chi connectivity index (χ4n) is 2.35. The van der Waals surface area contributed by atoms with Crippen LogP contribution >= 0.6 is 11.8 Å². The van der Waals surface area contributed by atoms with Crippen molar-refractivity contribution < 1.29 is 4.79 Å². The molecule has 1 aromatic heterocycles. The van der Waals surface area contributed by atoms with Crippen LogP contribution in [0, 0.1) is 11.3 Å². The summed E-state index contributed by atoms with van der Waals surface area (Å²) in [6, 6.07) is 11.9. The Hall–Kier alpha value is -2.33. The molecule has 0 bridgehead atoms. The second kappa shape index (κ2) is 6.20. The van der Waals surface area contributed by atoms with E-state index in [9.17, 15) is 10.1 Å². The minimum absolute atomic E-state index is 0.0634. The molecule has 1 saturated heterocycles. The largest absolute Gasteiger partial charge is 0.335 e. The van der Waals surface area contributed by atoms with Gasteiger partial charge < -0.3 is 5.32 Å². The second-order valence-corrected chi connectivity index (χ2v) is 6.32. The second-order valence-electron chi connectivity index (χ2n) is 5.21. The van der Waals surface area contributed by atoms with E-state index in [1.54, 1.807) is 18.0 Å². The molecule has 0 unspecified atom stereocenters. The van der Waals surface area contributed by atoms with Crippen molar-refractivity contribution in [2.75, 3.05) is 11.5 Å². The van der Waals surface area contributed by atoms with Crippen LogP contribution in [0.2, 0.25) is 0 Å². The van der Waals surface area contributed by atoms with Gasteiger partial charge in [-0.2, -0.15) is 17.0 Å². The van der Waals surface area contributed by atoms with Gasteiger partial charge >= 0.3 is 0 Å². The molecule has 0 spiro atoms. The highest BCUT2D eigenvalue weighted by atomic mass is 32.2. The van der Waals surface area contributed by atoms with Crippen molar-refractivity contribution in [1.29, 1.82) is 5.26 Å². The van der Waals surface area contributed by atoms with Crippen molar-refractivity contribution in [3.05, 3.63) is 36.5 Å². The summed E-state index contributed by atoms with van der Waals surface area (Å²) in [4.78, 5) is 12.1. The van der Waals surface area contributed by atoms with Crippen molar-refractivity contribution in [3.63, 3.8) is 0 Å². The van der Waals surface area contributed by atoms with Gasteiger partial charge in [0.15, 0.2) is 0 Å². The van der Waals surface area contributed by atoms with Crippen LogP contribution in [0.4, 0.5) is 0 Å². The Morgan fingerprint density at radius 2 is 2.27 bits per heavy atom. The first-order chi connectivity index (χ1) is 10.7. The Morgan fingerprint density at radius 3 is 2.95 bits per heavy atom. The van der Waals surface area contributed by atoms with Gasteiger partial charge in [-0.3, -0.25) is 4.79 Å². The van der Waals surface area contributed by atoms with Crippen LogP contribution in [0.3, 0.4) is 0 Å². The number of hydrogen-bond acceptors (Lipinski definition) is 5. The quantitative estimate of drug-likeness (QED) is 0.924. The van der Waals surface area contributed by atoms with Crippen LogP contribution in [0.5, 0.6) is 0 Å². The fourth-order valence-corrected chi connectivity index (χ4v) is 3.62. The number of nitrogens with zero attached hydrogens (tertiary/aromatic N) is 4. The lowest BCUT2D eigenvalue weighted by molar-refractivity contribution is -0.123. The summed E-state index contributed by atoms with van der Waals surface area (Å²) in [5, 5.41) is 20.1. The molecular formula is C15H15N5OS. The molecule has 3 rings (SSSR count). The fraction of sp³-hybridized carbons (Fsp3) is 0.333.